The number of rotatable bonds is 5. The number of nitrogens with zero attached hydrogens (tertiary/aromatic N) is 2. The average Bonchev–Trinajstić information content (AvgIpc) is 2.75. The molecule has 0 unspecified atom stereocenters. The highest BCUT2D eigenvalue weighted by atomic mass is 32.1. The van der Waals surface area contributed by atoms with Crippen LogP contribution in [-0.2, 0) is 13.5 Å². The van der Waals surface area contributed by atoms with Crippen LogP contribution in [-0.4, -0.2) is 21.3 Å². The van der Waals surface area contributed by atoms with Gasteiger partial charge in [-0.05, 0) is 36.8 Å². The third-order valence-corrected chi connectivity index (χ3v) is 3.34. The molecule has 0 bridgehead atoms. The molecule has 2 rings (SSSR count). The minimum absolute atomic E-state index is 0.443. The zero-order valence-electron chi connectivity index (χ0n) is 11.2. The molecule has 0 aliphatic heterocycles. The summed E-state index contributed by atoms with van der Waals surface area (Å²) in [6.07, 6.45) is 2.75. The molecule has 1 aromatic carbocycles. The molecule has 5 heteroatoms. The molecule has 0 aliphatic carbocycles. The fraction of sp³-hybridized carbons (Fsp3) is 0.286. The molecule has 0 radical (unpaired) electrons. The molecular formula is C14H18N4S. The number of nitrogens with one attached hydrogen (secondary N) is 1. The van der Waals surface area contributed by atoms with Crippen LogP contribution in [0, 0.1) is 6.92 Å². The van der Waals surface area contributed by atoms with Crippen molar-refractivity contribution in [2.75, 3.05) is 11.9 Å². The first kappa shape index (κ1) is 13.5. The normalized spacial score (nSPS) is 10.4. The van der Waals surface area contributed by atoms with Gasteiger partial charge in [0.05, 0.1) is 0 Å². The van der Waals surface area contributed by atoms with Gasteiger partial charge in [-0.15, -0.1) is 0 Å². The second kappa shape index (κ2) is 5.84. The highest BCUT2D eigenvalue weighted by Crippen LogP contribution is 2.15. The SMILES string of the molecule is Cc1cc(NCCc2ccnn2C)ccc1C(N)=S. The van der Waals surface area contributed by atoms with Crippen LogP contribution in [0.5, 0.6) is 0 Å². The van der Waals surface area contributed by atoms with Crippen molar-refractivity contribution in [2.24, 2.45) is 12.8 Å². The van der Waals surface area contributed by atoms with Gasteiger partial charge in [0.2, 0.25) is 0 Å². The summed E-state index contributed by atoms with van der Waals surface area (Å²) in [7, 11) is 1.95. The lowest BCUT2D eigenvalue weighted by molar-refractivity contribution is 0.711. The number of hydrogen-bond acceptors (Lipinski definition) is 3. The zero-order chi connectivity index (χ0) is 13.8. The molecule has 0 saturated heterocycles. The second-order valence-electron chi connectivity index (χ2n) is 4.52. The molecular weight excluding hydrogens is 256 g/mol. The van der Waals surface area contributed by atoms with Gasteiger partial charge >= 0.3 is 0 Å². The summed E-state index contributed by atoms with van der Waals surface area (Å²) in [4.78, 5) is 0.443. The van der Waals surface area contributed by atoms with E-state index in [1.165, 1.54) is 5.69 Å². The maximum Gasteiger partial charge on any atom is 0.104 e. The van der Waals surface area contributed by atoms with E-state index >= 15 is 0 Å². The van der Waals surface area contributed by atoms with Gasteiger partial charge in [0, 0.05) is 43.2 Å². The first-order chi connectivity index (χ1) is 9.08. The second-order valence-corrected chi connectivity index (χ2v) is 4.96. The molecule has 4 nitrogen and oxygen atoms in total. The Morgan fingerprint density at radius 1 is 1.42 bits per heavy atom. The van der Waals surface area contributed by atoms with Crippen LogP contribution in [0.15, 0.2) is 30.5 Å². The van der Waals surface area contributed by atoms with Gasteiger partial charge < -0.3 is 11.1 Å². The zero-order valence-corrected chi connectivity index (χ0v) is 12.0. The molecule has 0 saturated carbocycles. The predicted octanol–water partition coefficient (Wildman–Crippen LogP) is 2.02. The Kier molecular flexibility index (Phi) is 4.16. The van der Waals surface area contributed by atoms with Gasteiger partial charge in [-0.2, -0.15) is 5.10 Å². The highest BCUT2D eigenvalue weighted by molar-refractivity contribution is 7.80. The molecule has 0 aliphatic rings. The molecule has 2 aromatic rings. The summed E-state index contributed by atoms with van der Waals surface area (Å²) >= 11 is 5.00. The molecule has 0 amide bonds. The summed E-state index contributed by atoms with van der Waals surface area (Å²) in [5, 5.41) is 7.54. The van der Waals surface area contributed by atoms with Gasteiger partial charge in [-0.1, -0.05) is 12.2 Å². The molecule has 1 aromatic heterocycles. The van der Waals surface area contributed by atoms with Crippen molar-refractivity contribution in [2.45, 2.75) is 13.3 Å². The summed E-state index contributed by atoms with van der Waals surface area (Å²) in [6.45, 7) is 2.88. The lowest BCUT2D eigenvalue weighted by Gasteiger charge is -2.10. The first-order valence-corrected chi connectivity index (χ1v) is 6.60. The van der Waals surface area contributed by atoms with Crippen LogP contribution in [0.3, 0.4) is 0 Å². The Labute approximate surface area is 118 Å². The Hall–Kier alpha value is -1.88. The van der Waals surface area contributed by atoms with E-state index in [1.54, 1.807) is 0 Å². The van der Waals surface area contributed by atoms with Gasteiger partial charge in [-0.25, -0.2) is 0 Å². The fourth-order valence-corrected chi connectivity index (χ4v) is 2.26. The summed E-state index contributed by atoms with van der Waals surface area (Å²) < 4.78 is 1.89. The Morgan fingerprint density at radius 2 is 2.21 bits per heavy atom. The largest absolute Gasteiger partial charge is 0.389 e. The minimum Gasteiger partial charge on any atom is -0.389 e. The average molecular weight is 274 g/mol. The number of aromatic nitrogens is 2. The molecule has 0 atom stereocenters. The van der Waals surface area contributed by atoms with Crippen LogP contribution in [0.2, 0.25) is 0 Å². The van der Waals surface area contributed by atoms with E-state index in [2.05, 4.69) is 16.5 Å². The lowest BCUT2D eigenvalue weighted by Crippen LogP contribution is -2.12. The van der Waals surface area contributed by atoms with Crippen LogP contribution >= 0.6 is 12.2 Å². The van der Waals surface area contributed by atoms with Crippen molar-refractivity contribution in [3.63, 3.8) is 0 Å². The Morgan fingerprint density at radius 3 is 2.79 bits per heavy atom. The Bertz CT molecular complexity index is 589. The first-order valence-electron chi connectivity index (χ1n) is 6.19. The Balaban J connectivity index is 1.95. The van der Waals surface area contributed by atoms with E-state index in [0.717, 1.165) is 29.8 Å². The standard InChI is InChI=1S/C14H18N4S/c1-10-9-11(3-4-13(10)14(15)19)16-7-5-12-6-8-17-18(12)2/h3-4,6,8-9,16H,5,7H2,1-2H3,(H2,15,19). The van der Waals surface area contributed by atoms with Crippen LogP contribution in [0.25, 0.3) is 0 Å². The maximum atomic E-state index is 5.65. The van der Waals surface area contributed by atoms with E-state index in [1.807, 2.05) is 43.0 Å². The van der Waals surface area contributed by atoms with Crippen molar-refractivity contribution >= 4 is 22.9 Å². The number of nitrogens with two attached hydrogens (primary N) is 1. The van der Waals surface area contributed by atoms with E-state index in [4.69, 9.17) is 18.0 Å². The van der Waals surface area contributed by atoms with Crippen molar-refractivity contribution < 1.29 is 0 Å². The van der Waals surface area contributed by atoms with Crippen LogP contribution in [0.1, 0.15) is 16.8 Å². The van der Waals surface area contributed by atoms with Crippen molar-refractivity contribution in [1.29, 1.82) is 0 Å². The highest BCUT2D eigenvalue weighted by Gasteiger charge is 2.03. The van der Waals surface area contributed by atoms with Gasteiger partial charge in [0.1, 0.15) is 4.99 Å². The molecule has 19 heavy (non-hydrogen) atoms. The van der Waals surface area contributed by atoms with Crippen molar-refractivity contribution in [3.8, 4) is 0 Å². The molecule has 100 valence electrons. The molecule has 1 heterocycles. The fourth-order valence-electron chi connectivity index (χ4n) is 2.03. The molecule has 0 fully saturated rings. The topological polar surface area (TPSA) is 55.9 Å². The monoisotopic (exact) mass is 274 g/mol. The van der Waals surface area contributed by atoms with E-state index in [0.29, 0.717) is 4.99 Å². The van der Waals surface area contributed by atoms with Gasteiger partial charge in [0.25, 0.3) is 0 Å². The number of aryl methyl sites for hydroxylation is 2. The third kappa shape index (κ3) is 3.32. The summed E-state index contributed by atoms with van der Waals surface area (Å²) in [5.74, 6) is 0. The van der Waals surface area contributed by atoms with Crippen LogP contribution in [0.4, 0.5) is 5.69 Å². The predicted molar refractivity (Wildman–Crippen MR) is 82.5 cm³/mol. The summed E-state index contributed by atoms with van der Waals surface area (Å²) in [5.41, 5.74) is 9.97. The van der Waals surface area contributed by atoms with Crippen molar-refractivity contribution in [1.82, 2.24) is 9.78 Å². The third-order valence-electron chi connectivity index (χ3n) is 3.12. The van der Waals surface area contributed by atoms with Gasteiger partial charge in [-0.3, -0.25) is 4.68 Å². The maximum absolute atomic E-state index is 5.65. The minimum atomic E-state index is 0.443. The molecule has 0 spiro atoms. The number of thiocarbonyl (C=S) groups is 1. The lowest BCUT2D eigenvalue weighted by atomic mass is 10.1. The summed E-state index contributed by atoms with van der Waals surface area (Å²) in [6, 6.07) is 8.06. The van der Waals surface area contributed by atoms with Crippen LogP contribution < -0.4 is 11.1 Å². The quantitative estimate of drug-likeness (QED) is 0.819. The van der Waals surface area contributed by atoms with Gasteiger partial charge in [0.15, 0.2) is 0 Å². The van der Waals surface area contributed by atoms with E-state index in [-0.39, 0.29) is 0 Å². The number of benzene rings is 1. The smallest absolute Gasteiger partial charge is 0.104 e. The molecule has 3 N–H and O–H groups in total. The van der Waals surface area contributed by atoms with Crippen molar-refractivity contribution in [3.05, 3.63) is 47.3 Å². The van der Waals surface area contributed by atoms with E-state index < -0.39 is 0 Å². The number of hydrogen-bond donors (Lipinski definition) is 2. The van der Waals surface area contributed by atoms with E-state index in [9.17, 15) is 0 Å². The number of anilines is 1.